The Balaban J connectivity index is 0.00000484. The van der Waals surface area contributed by atoms with Crippen molar-refractivity contribution in [2.75, 3.05) is 20.7 Å². The van der Waals surface area contributed by atoms with Crippen LogP contribution in [-0.2, 0) is 22.5 Å². The number of carbonyl (C=O) groups excluding carboxylic acids is 1. The first kappa shape index (κ1) is 22.1. The fourth-order valence-electron chi connectivity index (χ4n) is 1.85. The zero-order valence-electron chi connectivity index (χ0n) is 14.1. The third-order valence-electron chi connectivity index (χ3n) is 3.16. The number of carbonyl (C=O) groups is 1. The van der Waals surface area contributed by atoms with Gasteiger partial charge in [-0.05, 0) is 19.3 Å². The highest BCUT2D eigenvalue weighted by molar-refractivity contribution is 14.0. The normalized spacial score (nSPS) is 10.8. The quantitative estimate of drug-likeness (QED) is 0.197. The lowest BCUT2D eigenvalue weighted by Gasteiger charge is -2.10. The monoisotopic (exact) mass is 454 g/mol. The number of methoxy groups -OCH3 is 1. The highest BCUT2D eigenvalue weighted by Crippen LogP contribution is 2.12. The van der Waals surface area contributed by atoms with E-state index in [0.717, 1.165) is 43.2 Å². The predicted octanol–water partition coefficient (Wildman–Crippen LogP) is 2.72. The molecular formula is C15H27IN4O2S. The van der Waals surface area contributed by atoms with E-state index in [1.807, 2.05) is 6.20 Å². The van der Waals surface area contributed by atoms with Gasteiger partial charge in [0.05, 0.1) is 13.7 Å². The molecule has 0 atom stereocenters. The molecule has 0 saturated heterocycles. The number of esters is 1. The van der Waals surface area contributed by atoms with Gasteiger partial charge in [-0.3, -0.25) is 9.79 Å². The van der Waals surface area contributed by atoms with Gasteiger partial charge in [-0.2, -0.15) is 0 Å². The van der Waals surface area contributed by atoms with E-state index in [1.165, 1.54) is 12.0 Å². The van der Waals surface area contributed by atoms with E-state index in [1.54, 1.807) is 18.4 Å². The Morgan fingerprint density at radius 1 is 1.35 bits per heavy atom. The number of hydrogen-bond acceptors (Lipinski definition) is 5. The molecule has 0 aromatic carbocycles. The Kier molecular flexibility index (Phi) is 13.0. The topological polar surface area (TPSA) is 75.6 Å². The van der Waals surface area contributed by atoms with E-state index < -0.39 is 0 Å². The molecular weight excluding hydrogens is 427 g/mol. The van der Waals surface area contributed by atoms with Crippen LogP contribution in [0.2, 0.25) is 0 Å². The minimum atomic E-state index is -0.139. The van der Waals surface area contributed by atoms with Crippen LogP contribution in [0, 0.1) is 0 Å². The molecule has 0 unspecified atom stereocenters. The minimum Gasteiger partial charge on any atom is -0.469 e. The average molecular weight is 454 g/mol. The third-order valence-corrected chi connectivity index (χ3v) is 4.30. The van der Waals surface area contributed by atoms with E-state index >= 15 is 0 Å². The highest BCUT2D eigenvalue weighted by Gasteiger charge is 2.03. The van der Waals surface area contributed by atoms with Crippen molar-refractivity contribution < 1.29 is 9.53 Å². The molecule has 8 heteroatoms. The van der Waals surface area contributed by atoms with Crippen LogP contribution in [0.4, 0.5) is 0 Å². The van der Waals surface area contributed by atoms with Crippen molar-refractivity contribution in [2.45, 2.75) is 45.6 Å². The summed E-state index contributed by atoms with van der Waals surface area (Å²) < 4.78 is 4.61. The number of guanidine groups is 1. The maximum Gasteiger partial charge on any atom is 0.305 e. The second-order valence-electron chi connectivity index (χ2n) is 4.81. The van der Waals surface area contributed by atoms with Gasteiger partial charge in [0.25, 0.3) is 0 Å². The molecule has 0 bridgehead atoms. The number of aromatic nitrogens is 1. The Hall–Kier alpha value is -0.900. The van der Waals surface area contributed by atoms with Crippen molar-refractivity contribution in [1.82, 2.24) is 15.6 Å². The molecule has 0 aliphatic rings. The first-order chi connectivity index (χ1) is 10.7. The van der Waals surface area contributed by atoms with Crippen molar-refractivity contribution in [3.63, 3.8) is 0 Å². The van der Waals surface area contributed by atoms with Gasteiger partial charge >= 0.3 is 5.97 Å². The Morgan fingerprint density at radius 3 is 2.74 bits per heavy atom. The van der Waals surface area contributed by atoms with E-state index in [-0.39, 0.29) is 29.9 Å². The number of nitrogens with one attached hydrogen (secondary N) is 2. The fourth-order valence-corrected chi connectivity index (χ4v) is 2.66. The molecule has 2 N–H and O–H groups in total. The Labute approximate surface area is 159 Å². The largest absolute Gasteiger partial charge is 0.469 e. The van der Waals surface area contributed by atoms with Crippen molar-refractivity contribution in [3.8, 4) is 0 Å². The molecule has 0 fully saturated rings. The minimum absolute atomic E-state index is 0. The van der Waals surface area contributed by atoms with Crippen LogP contribution in [-0.4, -0.2) is 37.6 Å². The SMILES string of the molecule is CCc1cnc(CNC(=NC)NCCCCCC(=O)OC)s1.I. The van der Waals surface area contributed by atoms with Crippen LogP contribution in [0.15, 0.2) is 11.2 Å². The van der Waals surface area contributed by atoms with Gasteiger partial charge in [-0.15, -0.1) is 35.3 Å². The Morgan fingerprint density at radius 2 is 2.13 bits per heavy atom. The fraction of sp³-hybridized carbons (Fsp3) is 0.667. The molecule has 6 nitrogen and oxygen atoms in total. The zero-order valence-corrected chi connectivity index (χ0v) is 17.2. The highest BCUT2D eigenvalue weighted by atomic mass is 127. The number of aliphatic imine (C=N–C) groups is 1. The molecule has 0 aliphatic carbocycles. The second-order valence-corrected chi connectivity index (χ2v) is 6.01. The molecule has 0 spiro atoms. The van der Waals surface area contributed by atoms with Gasteiger partial charge in [0, 0.05) is 31.1 Å². The smallest absolute Gasteiger partial charge is 0.305 e. The lowest BCUT2D eigenvalue weighted by molar-refractivity contribution is -0.140. The lowest BCUT2D eigenvalue weighted by atomic mass is 10.2. The number of hydrogen-bond donors (Lipinski definition) is 2. The molecule has 0 aliphatic heterocycles. The summed E-state index contributed by atoms with van der Waals surface area (Å²) in [6.45, 7) is 3.65. The number of thiazole rings is 1. The van der Waals surface area contributed by atoms with Crippen molar-refractivity contribution in [2.24, 2.45) is 4.99 Å². The standard InChI is InChI=1S/C15H26N4O2S.HI/c1-4-12-10-18-13(22-12)11-19-15(16-2)17-9-7-5-6-8-14(20)21-3;/h10H,4-9,11H2,1-3H3,(H2,16,17,19);1H. The first-order valence-corrected chi connectivity index (χ1v) is 8.46. The number of rotatable bonds is 9. The molecule has 23 heavy (non-hydrogen) atoms. The molecule has 0 radical (unpaired) electrons. The van der Waals surface area contributed by atoms with Gasteiger partial charge in [0.1, 0.15) is 5.01 Å². The van der Waals surface area contributed by atoms with E-state index in [0.29, 0.717) is 13.0 Å². The number of nitrogens with zero attached hydrogens (tertiary/aromatic N) is 2. The van der Waals surface area contributed by atoms with Gasteiger partial charge in [0.2, 0.25) is 0 Å². The molecule has 1 heterocycles. The number of halogens is 1. The molecule has 1 aromatic heterocycles. The second kappa shape index (κ2) is 13.5. The van der Waals surface area contributed by atoms with Crippen LogP contribution in [0.5, 0.6) is 0 Å². The van der Waals surface area contributed by atoms with Gasteiger partial charge in [-0.1, -0.05) is 13.3 Å². The maximum absolute atomic E-state index is 11.0. The van der Waals surface area contributed by atoms with E-state index in [4.69, 9.17) is 0 Å². The molecule has 1 aromatic rings. The van der Waals surface area contributed by atoms with E-state index in [9.17, 15) is 4.79 Å². The maximum atomic E-state index is 11.0. The van der Waals surface area contributed by atoms with Crippen molar-refractivity contribution in [3.05, 3.63) is 16.1 Å². The molecule has 1 rings (SSSR count). The summed E-state index contributed by atoms with van der Waals surface area (Å²) in [4.78, 5) is 20.8. The predicted molar refractivity (Wildman–Crippen MR) is 106 cm³/mol. The summed E-state index contributed by atoms with van der Waals surface area (Å²) in [6.07, 6.45) is 6.29. The Bertz CT molecular complexity index is 480. The van der Waals surface area contributed by atoms with Crippen LogP contribution >= 0.6 is 35.3 Å². The summed E-state index contributed by atoms with van der Waals surface area (Å²) in [5.74, 6) is 0.640. The summed E-state index contributed by atoms with van der Waals surface area (Å²) >= 11 is 1.72. The number of aryl methyl sites for hydroxylation is 1. The average Bonchev–Trinajstić information content (AvgIpc) is 3.01. The summed E-state index contributed by atoms with van der Waals surface area (Å²) in [7, 11) is 3.18. The van der Waals surface area contributed by atoms with E-state index in [2.05, 4.69) is 32.3 Å². The lowest BCUT2D eigenvalue weighted by Crippen LogP contribution is -2.37. The summed E-state index contributed by atoms with van der Waals surface area (Å²) in [5, 5.41) is 7.58. The van der Waals surface area contributed by atoms with Gasteiger partial charge in [0.15, 0.2) is 5.96 Å². The van der Waals surface area contributed by atoms with Crippen LogP contribution in [0.3, 0.4) is 0 Å². The first-order valence-electron chi connectivity index (χ1n) is 7.64. The summed E-state index contributed by atoms with van der Waals surface area (Å²) in [5.41, 5.74) is 0. The van der Waals surface area contributed by atoms with Crippen molar-refractivity contribution in [1.29, 1.82) is 0 Å². The molecule has 0 amide bonds. The number of ether oxygens (including phenoxy) is 1. The molecule has 132 valence electrons. The summed E-state index contributed by atoms with van der Waals surface area (Å²) in [6, 6.07) is 0. The third kappa shape index (κ3) is 9.75. The molecule has 0 saturated carbocycles. The van der Waals surface area contributed by atoms with Gasteiger partial charge in [-0.25, -0.2) is 4.98 Å². The number of unbranched alkanes of at least 4 members (excludes halogenated alkanes) is 2. The van der Waals surface area contributed by atoms with Crippen LogP contribution in [0.1, 0.15) is 42.5 Å². The van der Waals surface area contributed by atoms with Crippen LogP contribution in [0.25, 0.3) is 0 Å². The van der Waals surface area contributed by atoms with Gasteiger partial charge < -0.3 is 15.4 Å². The zero-order chi connectivity index (χ0) is 16.2. The van der Waals surface area contributed by atoms with Crippen molar-refractivity contribution >= 4 is 47.2 Å². The van der Waals surface area contributed by atoms with Crippen LogP contribution < -0.4 is 10.6 Å².